The van der Waals surface area contributed by atoms with Gasteiger partial charge in [-0.25, -0.2) is 4.79 Å². The largest absolute Gasteiger partial charge is 0.463 e. The van der Waals surface area contributed by atoms with E-state index in [1.54, 1.807) is 34.6 Å². The molecular weight excluding hydrogens is 264 g/mol. The van der Waals surface area contributed by atoms with Gasteiger partial charge < -0.3 is 14.2 Å². The van der Waals surface area contributed by atoms with Crippen LogP contribution in [0, 0.1) is 11.8 Å². The second-order valence-corrected chi connectivity index (χ2v) is 5.99. The average molecular weight is 286 g/mol. The Morgan fingerprint density at radius 2 is 1.75 bits per heavy atom. The van der Waals surface area contributed by atoms with Crippen LogP contribution in [0.4, 0.5) is 0 Å². The van der Waals surface area contributed by atoms with Crippen molar-refractivity contribution in [2.75, 3.05) is 6.61 Å². The van der Waals surface area contributed by atoms with Gasteiger partial charge in [0.05, 0.1) is 18.4 Å². The van der Waals surface area contributed by atoms with Crippen LogP contribution in [-0.4, -0.2) is 36.2 Å². The zero-order valence-corrected chi connectivity index (χ0v) is 12.6. The van der Waals surface area contributed by atoms with Gasteiger partial charge >= 0.3 is 17.9 Å². The van der Waals surface area contributed by atoms with Gasteiger partial charge in [-0.05, 0) is 20.8 Å². The fraction of sp³-hybridized carbons (Fsp3) is 0.786. The van der Waals surface area contributed by atoms with Crippen molar-refractivity contribution in [3.8, 4) is 0 Å². The zero-order chi connectivity index (χ0) is 15.5. The molecule has 1 saturated heterocycles. The van der Waals surface area contributed by atoms with Crippen LogP contribution in [0.25, 0.3) is 0 Å². The summed E-state index contributed by atoms with van der Waals surface area (Å²) in [7, 11) is 0. The van der Waals surface area contributed by atoms with Crippen molar-refractivity contribution in [3.63, 3.8) is 0 Å². The van der Waals surface area contributed by atoms with Gasteiger partial charge in [0.1, 0.15) is 5.60 Å². The van der Waals surface area contributed by atoms with Gasteiger partial charge in [-0.15, -0.1) is 0 Å². The predicted molar refractivity (Wildman–Crippen MR) is 69.6 cm³/mol. The second-order valence-electron chi connectivity index (χ2n) is 5.99. The molecule has 1 aliphatic rings. The number of carbonyl (C=O) groups is 3. The second kappa shape index (κ2) is 6.24. The highest BCUT2D eigenvalue weighted by Crippen LogP contribution is 2.20. The van der Waals surface area contributed by atoms with E-state index >= 15 is 0 Å². The summed E-state index contributed by atoms with van der Waals surface area (Å²) in [5, 5.41) is 0. The van der Waals surface area contributed by atoms with Crippen LogP contribution >= 0.6 is 0 Å². The van der Waals surface area contributed by atoms with Crippen molar-refractivity contribution < 1.29 is 28.6 Å². The van der Waals surface area contributed by atoms with Crippen LogP contribution in [-0.2, 0) is 28.6 Å². The summed E-state index contributed by atoms with van der Waals surface area (Å²) in [6.07, 6.45) is -0.492. The molecule has 0 spiro atoms. The van der Waals surface area contributed by atoms with Crippen molar-refractivity contribution in [3.05, 3.63) is 0 Å². The summed E-state index contributed by atoms with van der Waals surface area (Å²) < 4.78 is 15.0. The number of hydrogen-bond donors (Lipinski definition) is 0. The molecule has 1 fully saturated rings. The third kappa shape index (κ3) is 4.51. The topological polar surface area (TPSA) is 78.9 Å². The van der Waals surface area contributed by atoms with Crippen LogP contribution in [0.1, 0.15) is 41.0 Å². The van der Waals surface area contributed by atoms with Gasteiger partial charge in [0.2, 0.25) is 6.10 Å². The molecule has 6 heteroatoms. The number of carbonyl (C=O) groups excluding carboxylic acids is 3. The summed E-state index contributed by atoms with van der Waals surface area (Å²) >= 11 is 0. The molecule has 0 aliphatic carbocycles. The zero-order valence-electron chi connectivity index (χ0n) is 12.6. The van der Waals surface area contributed by atoms with Crippen molar-refractivity contribution >= 4 is 17.9 Å². The van der Waals surface area contributed by atoms with Crippen molar-refractivity contribution in [2.45, 2.75) is 52.7 Å². The molecule has 0 aromatic heterocycles. The van der Waals surface area contributed by atoms with Gasteiger partial charge in [-0.3, -0.25) is 9.59 Å². The summed E-state index contributed by atoms with van der Waals surface area (Å²) in [5.74, 6) is -2.91. The van der Waals surface area contributed by atoms with Crippen molar-refractivity contribution in [1.82, 2.24) is 0 Å². The van der Waals surface area contributed by atoms with E-state index < -0.39 is 41.4 Å². The minimum Gasteiger partial charge on any atom is -0.463 e. The first-order chi connectivity index (χ1) is 9.11. The number of rotatable bonds is 4. The van der Waals surface area contributed by atoms with Gasteiger partial charge in [0, 0.05) is 6.42 Å². The molecule has 6 nitrogen and oxygen atoms in total. The summed E-state index contributed by atoms with van der Waals surface area (Å²) in [5.41, 5.74) is -0.607. The van der Waals surface area contributed by atoms with Crippen LogP contribution in [0.15, 0.2) is 0 Å². The molecular formula is C14H22O6. The van der Waals surface area contributed by atoms with E-state index in [1.807, 2.05) is 0 Å². The lowest BCUT2D eigenvalue weighted by atomic mass is 9.96. The van der Waals surface area contributed by atoms with Gasteiger partial charge in [0.25, 0.3) is 0 Å². The molecule has 1 aliphatic heterocycles. The maximum Gasteiger partial charge on any atom is 0.347 e. The molecule has 3 unspecified atom stereocenters. The molecule has 20 heavy (non-hydrogen) atoms. The number of esters is 3. The smallest absolute Gasteiger partial charge is 0.347 e. The Hall–Kier alpha value is -1.59. The van der Waals surface area contributed by atoms with Gasteiger partial charge in [0.15, 0.2) is 0 Å². The molecule has 0 aromatic rings. The molecule has 0 radical (unpaired) electrons. The predicted octanol–water partition coefficient (Wildman–Crippen LogP) is 1.46. The molecule has 0 amide bonds. The molecule has 114 valence electrons. The molecule has 1 heterocycles. The van der Waals surface area contributed by atoms with Crippen LogP contribution in [0.5, 0.6) is 0 Å². The maximum absolute atomic E-state index is 11.9. The first kappa shape index (κ1) is 16.5. The Labute approximate surface area is 118 Å². The first-order valence-electron chi connectivity index (χ1n) is 6.72. The van der Waals surface area contributed by atoms with E-state index in [1.165, 1.54) is 0 Å². The summed E-state index contributed by atoms with van der Waals surface area (Å²) in [4.78, 5) is 35.0. The number of hydrogen-bond acceptors (Lipinski definition) is 6. The Morgan fingerprint density at radius 1 is 1.20 bits per heavy atom. The van der Waals surface area contributed by atoms with Crippen molar-refractivity contribution in [1.29, 1.82) is 0 Å². The Bertz CT molecular complexity index is 395. The highest BCUT2D eigenvalue weighted by molar-refractivity contribution is 5.84. The lowest BCUT2D eigenvalue weighted by Crippen LogP contribution is -2.35. The number of ether oxygens (including phenoxy) is 3. The van der Waals surface area contributed by atoms with E-state index in [2.05, 4.69) is 0 Å². The molecule has 1 rings (SSSR count). The van der Waals surface area contributed by atoms with Crippen LogP contribution < -0.4 is 0 Å². The standard InChI is InChI=1S/C14H22O6/c1-8(9(2)12(16)20-14(3,4)5)11(15)19-10-6-7-18-13(10)17/h8-10H,6-7H2,1-5H3. The first-order valence-corrected chi connectivity index (χ1v) is 6.72. The van der Waals surface area contributed by atoms with Crippen molar-refractivity contribution in [2.24, 2.45) is 11.8 Å². The Morgan fingerprint density at radius 3 is 2.20 bits per heavy atom. The van der Waals surface area contributed by atoms with Crippen LogP contribution in [0.3, 0.4) is 0 Å². The SMILES string of the molecule is CC(C(=O)OC1CCOC1=O)C(C)C(=O)OC(C)(C)C. The van der Waals surface area contributed by atoms with E-state index in [0.717, 1.165) is 0 Å². The summed E-state index contributed by atoms with van der Waals surface area (Å²) in [6, 6.07) is 0. The quantitative estimate of drug-likeness (QED) is 0.575. The lowest BCUT2D eigenvalue weighted by Gasteiger charge is -2.24. The summed E-state index contributed by atoms with van der Waals surface area (Å²) in [6.45, 7) is 8.72. The Kier molecular flexibility index (Phi) is 5.14. The Balaban J connectivity index is 2.55. The van der Waals surface area contributed by atoms with E-state index in [9.17, 15) is 14.4 Å². The van der Waals surface area contributed by atoms with Gasteiger partial charge in [-0.1, -0.05) is 13.8 Å². The molecule has 0 saturated carbocycles. The third-order valence-corrected chi connectivity index (χ3v) is 3.05. The van der Waals surface area contributed by atoms with E-state index in [-0.39, 0.29) is 6.61 Å². The minimum atomic E-state index is -0.851. The van der Waals surface area contributed by atoms with Crippen LogP contribution in [0.2, 0.25) is 0 Å². The average Bonchev–Trinajstić information content (AvgIpc) is 2.70. The third-order valence-electron chi connectivity index (χ3n) is 3.05. The number of cyclic esters (lactones) is 1. The van der Waals surface area contributed by atoms with E-state index in [0.29, 0.717) is 6.42 Å². The fourth-order valence-corrected chi connectivity index (χ4v) is 1.63. The minimum absolute atomic E-state index is 0.257. The molecule has 0 bridgehead atoms. The molecule has 0 N–H and O–H groups in total. The van der Waals surface area contributed by atoms with Gasteiger partial charge in [-0.2, -0.15) is 0 Å². The fourth-order valence-electron chi connectivity index (χ4n) is 1.63. The highest BCUT2D eigenvalue weighted by Gasteiger charge is 2.35. The molecule has 3 atom stereocenters. The highest BCUT2D eigenvalue weighted by atomic mass is 16.6. The van der Waals surface area contributed by atoms with E-state index in [4.69, 9.17) is 14.2 Å². The molecule has 0 aromatic carbocycles. The monoisotopic (exact) mass is 286 g/mol. The lowest BCUT2D eigenvalue weighted by molar-refractivity contribution is -0.171. The maximum atomic E-state index is 11.9. The normalized spacial score (nSPS) is 21.9.